The molecule has 0 aromatic rings. The third-order valence-corrected chi connectivity index (χ3v) is 2.30. The fourth-order valence-electron chi connectivity index (χ4n) is 1.09. The number of carbonyl (C=O) groups is 2. The molecular weight excluding hydrogens is 224 g/mol. The van der Waals surface area contributed by atoms with Gasteiger partial charge in [0.05, 0.1) is 5.60 Å². The molecule has 0 aliphatic rings. The first-order valence-electron chi connectivity index (χ1n) is 5.70. The van der Waals surface area contributed by atoms with Gasteiger partial charge in [-0.1, -0.05) is 6.92 Å². The molecule has 5 heteroatoms. The lowest BCUT2D eigenvalue weighted by Gasteiger charge is -2.31. The van der Waals surface area contributed by atoms with Gasteiger partial charge < -0.3 is 14.2 Å². The molecule has 0 heterocycles. The highest BCUT2D eigenvalue weighted by atomic mass is 16.7. The molecule has 100 valence electrons. The molecule has 0 amide bonds. The highest BCUT2D eigenvalue weighted by molar-refractivity contribution is 5.67. The lowest BCUT2D eigenvalue weighted by molar-refractivity contribution is -0.237. The summed E-state index contributed by atoms with van der Waals surface area (Å²) in [7, 11) is 0. The molecule has 0 spiro atoms. The maximum Gasteiger partial charge on any atom is 0.305 e. The van der Waals surface area contributed by atoms with Crippen molar-refractivity contribution in [2.45, 2.75) is 66.0 Å². The van der Waals surface area contributed by atoms with E-state index in [1.807, 2.05) is 20.8 Å². The van der Waals surface area contributed by atoms with Crippen LogP contribution in [0.5, 0.6) is 0 Å². The number of rotatable bonds is 6. The predicted octanol–water partition coefficient (Wildman–Crippen LogP) is 2.03. The van der Waals surface area contributed by atoms with Gasteiger partial charge in [-0.3, -0.25) is 9.59 Å². The predicted molar refractivity (Wildman–Crippen MR) is 62.2 cm³/mol. The molecule has 0 aromatic heterocycles. The highest BCUT2D eigenvalue weighted by Crippen LogP contribution is 2.20. The minimum Gasteiger partial charge on any atom is -0.456 e. The Labute approximate surface area is 102 Å². The Morgan fingerprint density at radius 1 is 1.12 bits per heavy atom. The third kappa shape index (κ3) is 6.94. The van der Waals surface area contributed by atoms with Gasteiger partial charge in [0, 0.05) is 13.8 Å². The number of hydrogen-bond donors (Lipinski definition) is 0. The zero-order valence-corrected chi connectivity index (χ0v) is 11.4. The van der Waals surface area contributed by atoms with Gasteiger partial charge in [0.25, 0.3) is 0 Å². The second-order valence-electron chi connectivity index (χ2n) is 4.52. The van der Waals surface area contributed by atoms with E-state index in [4.69, 9.17) is 14.2 Å². The summed E-state index contributed by atoms with van der Waals surface area (Å²) in [6, 6.07) is 0. The fraction of sp³-hybridized carbons (Fsp3) is 0.833. The Bertz CT molecular complexity index is 272. The van der Waals surface area contributed by atoms with E-state index in [2.05, 4.69) is 0 Å². The summed E-state index contributed by atoms with van der Waals surface area (Å²) in [6.07, 6.45) is -0.772. The van der Waals surface area contributed by atoms with E-state index in [-0.39, 0.29) is 0 Å². The van der Waals surface area contributed by atoms with Crippen molar-refractivity contribution in [1.82, 2.24) is 0 Å². The van der Waals surface area contributed by atoms with Crippen LogP contribution in [0.15, 0.2) is 0 Å². The summed E-state index contributed by atoms with van der Waals surface area (Å²) < 4.78 is 15.6. The molecule has 0 saturated heterocycles. The quantitative estimate of drug-likeness (QED) is 0.530. The molecular formula is C12H22O5. The van der Waals surface area contributed by atoms with E-state index in [1.54, 1.807) is 6.92 Å². The first-order valence-corrected chi connectivity index (χ1v) is 5.70. The van der Waals surface area contributed by atoms with Crippen molar-refractivity contribution in [2.75, 3.05) is 0 Å². The van der Waals surface area contributed by atoms with Gasteiger partial charge in [0.15, 0.2) is 6.10 Å². The zero-order chi connectivity index (χ0) is 13.6. The van der Waals surface area contributed by atoms with Gasteiger partial charge in [-0.05, 0) is 27.2 Å². The average molecular weight is 246 g/mol. The number of ether oxygens (including phenoxy) is 3. The normalized spacial score (nSPS) is 14.9. The topological polar surface area (TPSA) is 61.8 Å². The summed E-state index contributed by atoms with van der Waals surface area (Å²) in [5, 5.41) is 0. The van der Waals surface area contributed by atoms with Crippen molar-refractivity contribution in [3.8, 4) is 0 Å². The van der Waals surface area contributed by atoms with Crippen LogP contribution in [0.2, 0.25) is 0 Å². The van der Waals surface area contributed by atoms with Gasteiger partial charge in [0.2, 0.25) is 6.29 Å². The Morgan fingerprint density at radius 3 is 1.94 bits per heavy atom. The molecule has 2 atom stereocenters. The van der Waals surface area contributed by atoms with E-state index in [0.717, 1.165) is 6.42 Å². The van der Waals surface area contributed by atoms with Crippen LogP contribution in [0.4, 0.5) is 0 Å². The molecule has 0 aliphatic carbocycles. The van der Waals surface area contributed by atoms with Gasteiger partial charge in [0.1, 0.15) is 0 Å². The van der Waals surface area contributed by atoms with Crippen LogP contribution in [-0.4, -0.2) is 29.9 Å². The number of hydrogen-bond acceptors (Lipinski definition) is 5. The first kappa shape index (κ1) is 15.9. The Kier molecular flexibility index (Phi) is 6.16. The largest absolute Gasteiger partial charge is 0.456 e. The molecule has 17 heavy (non-hydrogen) atoms. The average Bonchev–Trinajstić information content (AvgIpc) is 2.14. The van der Waals surface area contributed by atoms with Gasteiger partial charge in [-0.2, -0.15) is 0 Å². The van der Waals surface area contributed by atoms with Crippen LogP contribution in [0, 0.1) is 0 Å². The minimum absolute atomic E-state index is 0.437. The van der Waals surface area contributed by atoms with Crippen LogP contribution in [-0.2, 0) is 23.8 Å². The molecule has 0 fully saturated rings. The van der Waals surface area contributed by atoms with Gasteiger partial charge in [-0.15, -0.1) is 0 Å². The van der Waals surface area contributed by atoms with Crippen LogP contribution in [0.1, 0.15) is 48.0 Å². The van der Waals surface area contributed by atoms with Gasteiger partial charge in [-0.25, -0.2) is 0 Å². The smallest absolute Gasteiger partial charge is 0.305 e. The van der Waals surface area contributed by atoms with Gasteiger partial charge >= 0.3 is 11.9 Å². The number of carbonyl (C=O) groups excluding carboxylic acids is 2. The fourth-order valence-corrected chi connectivity index (χ4v) is 1.09. The van der Waals surface area contributed by atoms with Crippen molar-refractivity contribution in [3.63, 3.8) is 0 Å². The van der Waals surface area contributed by atoms with E-state index >= 15 is 0 Å². The monoisotopic (exact) mass is 246 g/mol. The summed E-state index contributed by atoms with van der Waals surface area (Å²) in [5.74, 6) is -0.909. The summed E-state index contributed by atoms with van der Waals surface area (Å²) in [5.41, 5.74) is -0.450. The summed E-state index contributed by atoms with van der Waals surface area (Å²) in [6.45, 7) is 9.93. The molecule has 0 unspecified atom stereocenters. The molecule has 0 bridgehead atoms. The Morgan fingerprint density at radius 2 is 1.59 bits per heavy atom. The summed E-state index contributed by atoms with van der Waals surface area (Å²) >= 11 is 0. The van der Waals surface area contributed by atoms with Crippen molar-refractivity contribution < 1.29 is 23.8 Å². The molecule has 0 radical (unpaired) electrons. The third-order valence-electron chi connectivity index (χ3n) is 2.30. The van der Waals surface area contributed by atoms with Crippen molar-refractivity contribution in [3.05, 3.63) is 0 Å². The van der Waals surface area contributed by atoms with E-state index in [0.29, 0.717) is 0 Å². The zero-order valence-electron chi connectivity index (χ0n) is 11.4. The lowest BCUT2D eigenvalue weighted by atomic mass is 10.1. The Balaban J connectivity index is 4.63. The van der Waals surface area contributed by atoms with Crippen molar-refractivity contribution >= 4 is 11.9 Å². The molecule has 0 aliphatic heterocycles. The van der Waals surface area contributed by atoms with Crippen molar-refractivity contribution in [2.24, 2.45) is 0 Å². The first-order chi connectivity index (χ1) is 7.68. The van der Waals surface area contributed by atoms with E-state index in [9.17, 15) is 9.59 Å². The summed E-state index contributed by atoms with van der Waals surface area (Å²) in [4.78, 5) is 21.8. The standard InChI is InChI=1S/C12H22O5/c1-7-12(5,6)17-11(16-10(4)14)8(2)15-9(3)13/h8,11H,7H2,1-6H3/t8-,11+/m1/s1. The maximum absolute atomic E-state index is 11.0. The van der Waals surface area contributed by atoms with Crippen molar-refractivity contribution in [1.29, 1.82) is 0 Å². The minimum atomic E-state index is -0.883. The molecule has 0 N–H and O–H groups in total. The Hall–Kier alpha value is -1.10. The maximum atomic E-state index is 11.0. The molecule has 5 nitrogen and oxygen atoms in total. The van der Waals surface area contributed by atoms with Crippen LogP contribution < -0.4 is 0 Å². The lowest BCUT2D eigenvalue weighted by Crippen LogP contribution is -2.40. The molecule has 0 aromatic carbocycles. The second-order valence-corrected chi connectivity index (χ2v) is 4.52. The van der Waals surface area contributed by atoms with Crippen LogP contribution in [0.25, 0.3) is 0 Å². The molecule has 0 rings (SSSR count). The SMILES string of the molecule is CCC(C)(C)O[C@H](OC(C)=O)[C@@H](C)OC(C)=O. The highest BCUT2D eigenvalue weighted by Gasteiger charge is 2.30. The molecule has 0 saturated carbocycles. The van der Waals surface area contributed by atoms with E-state index < -0.39 is 29.9 Å². The van der Waals surface area contributed by atoms with E-state index in [1.165, 1.54) is 13.8 Å². The number of esters is 2. The van der Waals surface area contributed by atoms with Crippen LogP contribution in [0.3, 0.4) is 0 Å². The second kappa shape index (κ2) is 6.59. The van der Waals surface area contributed by atoms with Crippen LogP contribution >= 0.6 is 0 Å².